The van der Waals surface area contributed by atoms with Crippen LogP contribution in [0, 0.1) is 11.3 Å². The van der Waals surface area contributed by atoms with E-state index in [0.717, 1.165) is 6.08 Å². The van der Waals surface area contributed by atoms with Gasteiger partial charge in [-0.2, -0.15) is 13.7 Å². The van der Waals surface area contributed by atoms with E-state index in [9.17, 15) is 13.2 Å². The van der Waals surface area contributed by atoms with Crippen molar-refractivity contribution in [1.29, 1.82) is 5.26 Å². The summed E-state index contributed by atoms with van der Waals surface area (Å²) in [5.74, 6) is -0.734. The van der Waals surface area contributed by atoms with Crippen molar-refractivity contribution in [2.24, 2.45) is 0 Å². The quantitative estimate of drug-likeness (QED) is 0.209. The Hall–Kier alpha value is -0.910. The molecule has 6 nitrogen and oxygen atoms in total. The maximum atomic E-state index is 9.94. The molecule has 19 heavy (non-hydrogen) atoms. The molecule has 0 aliphatic rings. The van der Waals surface area contributed by atoms with E-state index in [1.807, 2.05) is 0 Å². The Morgan fingerprint density at radius 3 is 1.84 bits per heavy atom. The third-order valence-electron chi connectivity index (χ3n) is 0.888. The van der Waals surface area contributed by atoms with Gasteiger partial charge in [0, 0.05) is 41.7 Å². The number of hydrogen-bond acceptors (Lipinski definition) is 5. The largest absolute Gasteiger partial charge is 0.466 e. The normalized spacial score (nSPS) is 7.68. The van der Waals surface area contributed by atoms with E-state index in [0.29, 0.717) is 5.57 Å². The van der Waals surface area contributed by atoms with Gasteiger partial charge in [0.2, 0.25) is 0 Å². The molecule has 0 aromatic rings. The van der Waals surface area contributed by atoms with E-state index in [4.69, 9.17) is 9.81 Å². The summed E-state index contributed by atoms with van der Waals surface area (Å²) in [6, 6.07) is 1.69. The second kappa shape index (κ2) is 17.1. The Bertz CT molecular complexity index is 423. The van der Waals surface area contributed by atoms with Crippen molar-refractivity contribution in [1.82, 2.24) is 0 Å². The minimum atomic E-state index is -3.82. The van der Waals surface area contributed by atoms with Crippen LogP contribution in [-0.4, -0.2) is 61.4 Å². The van der Waals surface area contributed by atoms with Crippen LogP contribution in [0.2, 0.25) is 0 Å². The molecular formula is C11H17NNaO5S. The molecule has 0 aromatic carbocycles. The second-order valence-electron chi connectivity index (χ2n) is 2.74. The second-order valence-corrected chi connectivity index (χ2v) is 4.20. The van der Waals surface area contributed by atoms with Gasteiger partial charge in [-0.25, -0.2) is 4.79 Å². The number of rotatable bonds is 3. The van der Waals surface area contributed by atoms with Crippen LogP contribution in [0.3, 0.4) is 0 Å². The van der Waals surface area contributed by atoms with Gasteiger partial charge in [0.1, 0.15) is 0 Å². The number of carbonyl (C=O) groups excluding carboxylic acids is 1. The van der Waals surface area contributed by atoms with Crippen LogP contribution in [0.5, 0.6) is 0 Å². The molecule has 103 valence electrons. The Balaban J connectivity index is -0.0000000916. The number of carbonyl (C=O) groups is 1. The molecule has 0 aliphatic carbocycles. The van der Waals surface area contributed by atoms with E-state index in [-0.39, 0.29) is 35.3 Å². The minimum Gasteiger partial charge on any atom is -0.466 e. The number of nitriles is 1. The first-order chi connectivity index (χ1) is 8.14. The van der Waals surface area contributed by atoms with Gasteiger partial charge in [0.05, 0.1) is 18.9 Å². The molecule has 0 saturated carbocycles. The van der Waals surface area contributed by atoms with Gasteiger partial charge < -0.3 is 4.74 Å². The zero-order valence-electron chi connectivity index (χ0n) is 11.4. The van der Waals surface area contributed by atoms with Crippen molar-refractivity contribution in [3.8, 4) is 6.07 Å². The first-order valence-electron chi connectivity index (χ1n) is 4.45. The van der Waals surface area contributed by atoms with Gasteiger partial charge in [-0.3, -0.25) is 4.55 Å². The molecule has 1 N–H and O–H groups in total. The molecule has 0 saturated heterocycles. The predicted octanol–water partition coefficient (Wildman–Crippen LogP) is 1.11. The van der Waals surface area contributed by atoms with E-state index in [1.165, 1.54) is 20.1 Å². The number of hydrogen-bond donors (Lipinski definition) is 1. The van der Waals surface area contributed by atoms with Gasteiger partial charge in [-0.15, -0.1) is 0 Å². The number of methoxy groups -OCH3 is 1. The summed E-state index contributed by atoms with van der Waals surface area (Å²) in [4.78, 5) is 9.84. The van der Waals surface area contributed by atoms with Crippen LogP contribution < -0.4 is 0 Å². The average molecular weight is 298 g/mol. The Kier molecular flexibility index (Phi) is 23.9. The molecule has 0 unspecified atom stereocenters. The molecule has 0 spiro atoms. The first kappa shape index (κ1) is 26.6. The predicted molar refractivity (Wildman–Crippen MR) is 75.0 cm³/mol. The summed E-state index contributed by atoms with van der Waals surface area (Å²) in [5.41, 5.74) is 0.438. The average Bonchev–Trinajstić information content (AvgIpc) is 2.25. The van der Waals surface area contributed by atoms with Crippen LogP contribution in [0.15, 0.2) is 37.5 Å². The zero-order valence-corrected chi connectivity index (χ0v) is 14.2. The topological polar surface area (TPSA) is 104 Å². The van der Waals surface area contributed by atoms with Crippen LogP contribution >= 0.6 is 0 Å². The fourth-order valence-electron chi connectivity index (χ4n) is 0.395. The fraction of sp³-hybridized carbons (Fsp3) is 0.273. The molecular weight excluding hydrogens is 281 g/mol. The maximum absolute atomic E-state index is 9.94. The summed E-state index contributed by atoms with van der Waals surface area (Å²) in [6.45, 7) is 11.1. The minimum absolute atomic E-state index is 0. The van der Waals surface area contributed by atoms with Crippen molar-refractivity contribution < 1.29 is 22.5 Å². The van der Waals surface area contributed by atoms with Gasteiger partial charge in [0.15, 0.2) is 0 Å². The molecule has 0 aromatic heterocycles. The molecule has 0 bridgehead atoms. The number of nitrogens with zero attached hydrogens (tertiary/aromatic N) is 1. The summed E-state index contributed by atoms with van der Waals surface area (Å²) in [7, 11) is -2.51. The van der Waals surface area contributed by atoms with Gasteiger partial charge in [0.25, 0.3) is 10.1 Å². The molecule has 8 heteroatoms. The van der Waals surface area contributed by atoms with E-state index < -0.39 is 16.1 Å². The molecule has 0 amide bonds. The van der Waals surface area contributed by atoms with E-state index in [1.54, 1.807) is 6.07 Å². The smallest absolute Gasteiger partial charge is 0.329 e. The number of ether oxygens (including phenoxy) is 1. The third-order valence-corrected chi connectivity index (χ3v) is 1.75. The van der Waals surface area contributed by atoms with E-state index in [2.05, 4.69) is 24.5 Å². The summed E-state index contributed by atoms with van der Waals surface area (Å²) < 4.78 is 32.1. The Morgan fingerprint density at radius 1 is 1.47 bits per heavy atom. The summed E-state index contributed by atoms with van der Waals surface area (Å²) in [5, 5.41) is 7.51. The standard InChI is InChI=1S/C4H8O3S.C4H6O2.C3H3N.Na/c1-4(2)3-8(5,6)7;1-3-4(5)6-2;1-2-3-4;/h1,3H2,2H3,(H,5,6,7);3H,1H2,2H3;2H,1H2;. The van der Waals surface area contributed by atoms with Gasteiger partial charge in [-0.05, 0) is 6.92 Å². The zero-order chi connectivity index (χ0) is 15.2. The molecule has 0 aliphatic heterocycles. The van der Waals surface area contributed by atoms with E-state index >= 15 is 0 Å². The molecule has 0 heterocycles. The van der Waals surface area contributed by atoms with Gasteiger partial charge >= 0.3 is 5.97 Å². The van der Waals surface area contributed by atoms with Crippen molar-refractivity contribution >= 4 is 45.6 Å². The number of esters is 1. The molecule has 0 fully saturated rings. The molecule has 1 radical (unpaired) electrons. The Labute approximate surface area is 136 Å². The Morgan fingerprint density at radius 2 is 1.84 bits per heavy atom. The summed E-state index contributed by atoms with van der Waals surface area (Å²) in [6.07, 6.45) is 2.29. The summed E-state index contributed by atoms with van der Waals surface area (Å²) >= 11 is 0. The van der Waals surface area contributed by atoms with Crippen LogP contribution in [0.4, 0.5) is 0 Å². The van der Waals surface area contributed by atoms with Crippen LogP contribution in [0.25, 0.3) is 0 Å². The van der Waals surface area contributed by atoms with Crippen LogP contribution in [-0.2, 0) is 19.6 Å². The fourth-order valence-corrected chi connectivity index (χ4v) is 1.02. The van der Waals surface area contributed by atoms with Crippen molar-refractivity contribution in [2.45, 2.75) is 6.92 Å². The van der Waals surface area contributed by atoms with Gasteiger partial charge in [-0.1, -0.05) is 25.3 Å². The van der Waals surface area contributed by atoms with Crippen molar-refractivity contribution in [2.75, 3.05) is 12.9 Å². The maximum Gasteiger partial charge on any atom is 0.329 e. The number of allylic oxidation sites excluding steroid dienone is 1. The first-order valence-corrected chi connectivity index (χ1v) is 6.05. The molecule has 0 atom stereocenters. The van der Waals surface area contributed by atoms with Crippen molar-refractivity contribution in [3.05, 3.63) is 37.5 Å². The van der Waals surface area contributed by atoms with Crippen LogP contribution in [0.1, 0.15) is 6.92 Å². The molecule has 0 rings (SSSR count). The monoisotopic (exact) mass is 298 g/mol. The van der Waals surface area contributed by atoms with Crippen molar-refractivity contribution in [3.63, 3.8) is 0 Å². The SMILES string of the molecule is C=C(C)CS(=O)(=O)O.C=CC#N.C=CC(=O)OC.[Na]. The third kappa shape index (κ3) is 47.1.